The van der Waals surface area contributed by atoms with E-state index >= 15 is 0 Å². The molecule has 1 aromatic rings. The molecule has 0 fully saturated rings. The molecule has 1 N–H and O–H groups in total. The van der Waals surface area contributed by atoms with Crippen LogP contribution in [-0.2, 0) is 9.59 Å². The van der Waals surface area contributed by atoms with Crippen molar-refractivity contribution >= 4 is 34.4 Å². The highest BCUT2D eigenvalue weighted by molar-refractivity contribution is 8.18. The Balaban J connectivity index is 1.48. The number of amides is 2. The smallest absolute Gasteiger partial charge is 0.259 e. The van der Waals surface area contributed by atoms with Crippen molar-refractivity contribution in [2.45, 2.75) is 19.3 Å². The topological polar surface area (TPSA) is 65.0 Å². The molecule has 3 aliphatic heterocycles. The number of para-hydroxylation sites is 1. The molecular formula is C18H20N4O2S. The Kier molecular flexibility index (Phi) is 4.03. The summed E-state index contributed by atoms with van der Waals surface area (Å²) in [5.41, 5.74) is 3.01. The van der Waals surface area contributed by atoms with Crippen LogP contribution >= 0.6 is 11.8 Å². The van der Waals surface area contributed by atoms with Crippen LogP contribution in [0.15, 0.2) is 39.9 Å². The summed E-state index contributed by atoms with van der Waals surface area (Å²) in [7, 11) is 1.80. The van der Waals surface area contributed by atoms with Crippen LogP contribution in [0.5, 0.6) is 0 Å². The summed E-state index contributed by atoms with van der Waals surface area (Å²) in [6.45, 7) is 4.06. The van der Waals surface area contributed by atoms with Gasteiger partial charge in [-0.1, -0.05) is 18.2 Å². The zero-order valence-corrected chi connectivity index (χ0v) is 15.1. The number of nitrogens with one attached hydrogen (secondary N) is 1. The lowest BCUT2D eigenvalue weighted by Gasteiger charge is -2.31. The van der Waals surface area contributed by atoms with Crippen LogP contribution in [-0.4, -0.2) is 48.6 Å². The first-order valence-electron chi connectivity index (χ1n) is 8.40. The van der Waals surface area contributed by atoms with Crippen LogP contribution in [0, 0.1) is 0 Å². The van der Waals surface area contributed by atoms with Gasteiger partial charge in [0.15, 0.2) is 5.17 Å². The van der Waals surface area contributed by atoms with E-state index < -0.39 is 0 Å². The molecule has 0 saturated carbocycles. The quantitative estimate of drug-likeness (QED) is 0.898. The molecular weight excluding hydrogens is 336 g/mol. The third-order valence-corrected chi connectivity index (χ3v) is 6.19. The fourth-order valence-corrected chi connectivity index (χ4v) is 4.63. The highest BCUT2D eigenvalue weighted by atomic mass is 32.2. The fraction of sp³-hybridized carbons (Fsp3) is 0.389. The molecule has 0 aromatic heterocycles. The van der Waals surface area contributed by atoms with Gasteiger partial charge in [0.2, 0.25) is 5.91 Å². The maximum absolute atomic E-state index is 12.6. The van der Waals surface area contributed by atoms with Gasteiger partial charge >= 0.3 is 0 Å². The van der Waals surface area contributed by atoms with Crippen molar-refractivity contribution in [2.75, 3.05) is 31.6 Å². The zero-order chi connectivity index (χ0) is 17.6. The predicted octanol–water partition coefficient (Wildman–Crippen LogP) is 1.90. The maximum atomic E-state index is 12.6. The molecule has 2 amide bonds. The third-order valence-electron chi connectivity index (χ3n) is 4.98. The Morgan fingerprint density at radius 2 is 2.20 bits per heavy atom. The number of anilines is 1. The molecule has 0 radical (unpaired) electrons. The molecule has 25 heavy (non-hydrogen) atoms. The first-order chi connectivity index (χ1) is 12.1. The second kappa shape index (κ2) is 6.22. The van der Waals surface area contributed by atoms with Crippen molar-refractivity contribution in [3.63, 3.8) is 0 Å². The molecule has 7 heteroatoms. The molecule has 4 rings (SSSR count). The van der Waals surface area contributed by atoms with Crippen LogP contribution in [0.1, 0.15) is 24.8 Å². The van der Waals surface area contributed by atoms with Gasteiger partial charge in [0, 0.05) is 43.9 Å². The number of fused-ring (bicyclic) bond motifs is 2. The summed E-state index contributed by atoms with van der Waals surface area (Å²) in [5, 5.41) is 3.94. The molecule has 3 aliphatic rings. The maximum Gasteiger partial charge on any atom is 0.259 e. The average molecular weight is 356 g/mol. The molecule has 0 spiro atoms. The number of hydrogen-bond donors (Lipinski definition) is 1. The van der Waals surface area contributed by atoms with Gasteiger partial charge in [-0.2, -0.15) is 0 Å². The van der Waals surface area contributed by atoms with E-state index in [2.05, 4.69) is 15.2 Å². The summed E-state index contributed by atoms with van der Waals surface area (Å²) < 4.78 is 0. The molecule has 1 atom stereocenters. The van der Waals surface area contributed by atoms with Crippen molar-refractivity contribution in [1.29, 1.82) is 0 Å². The number of hydrogen-bond acceptors (Lipinski definition) is 5. The van der Waals surface area contributed by atoms with Gasteiger partial charge in [-0.3, -0.25) is 14.6 Å². The summed E-state index contributed by atoms with van der Waals surface area (Å²) in [4.78, 5) is 33.8. The lowest BCUT2D eigenvalue weighted by molar-refractivity contribution is -0.120. The third kappa shape index (κ3) is 2.72. The van der Waals surface area contributed by atoms with E-state index in [0.29, 0.717) is 17.9 Å². The summed E-state index contributed by atoms with van der Waals surface area (Å²) in [5.74, 6) is 0.00958. The first kappa shape index (κ1) is 16.2. The number of carbonyl (C=O) groups excluding carboxylic acids is 2. The Bertz CT molecular complexity index is 817. The van der Waals surface area contributed by atoms with Crippen molar-refractivity contribution in [3.05, 3.63) is 40.4 Å². The van der Waals surface area contributed by atoms with E-state index in [1.807, 2.05) is 31.2 Å². The highest BCUT2D eigenvalue weighted by Crippen LogP contribution is 2.37. The molecule has 130 valence electrons. The zero-order valence-electron chi connectivity index (χ0n) is 14.3. The summed E-state index contributed by atoms with van der Waals surface area (Å²) in [6.07, 6.45) is 0.414. The van der Waals surface area contributed by atoms with Gasteiger partial charge in [0.1, 0.15) is 0 Å². The minimum atomic E-state index is -0.0801. The second-order valence-electron chi connectivity index (χ2n) is 6.46. The summed E-state index contributed by atoms with van der Waals surface area (Å²) in [6, 6.07) is 7.90. The van der Waals surface area contributed by atoms with Gasteiger partial charge in [0.05, 0.1) is 11.4 Å². The van der Waals surface area contributed by atoms with Gasteiger partial charge in [-0.15, -0.1) is 0 Å². The monoisotopic (exact) mass is 356 g/mol. The van der Waals surface area contributed by atoms with E-state index in [1.54, 1.807) is 11.9 Å². The predicted molar refractivity (Wildman–Crippen MR) is 99.5 cm³/mol. The first-order valence-corrected chi connectivity index (χ1v) is 9.22. The van der Waals surface area contributed by atoms with Gasteiger partial charge < -0.3 is 15.1 Å². The lowest BCUT2D eigenvalue weighted by atomic mass is 9.89. The number of allylic oxidation sites excluding steroid dienone is 1. The minimum absolute atomic E-state index is 0.00769. The largest absolute Gasteiger partial charge is 0.351 e. The standard InChI is InChI=1S/C18H20N4O2S/c1-11-16(25-18-19-7-8-22(11)18)17(24)20-10-12-9-15(23)21(2)14-6-4-3-5-13(12)14/h3-6,12H,7-10H2,1-2H3,(H,20,24)/t12-/m1/s1. The van der Waals surface area contributed by atoms with Crippen LogP contribution in [0.25, 0.3) is 0 Å². The molecule has 0 unspecified atom stereocenters. The molecule has 6 nitrogen and oxygen atoms in total. The van der Waals surface area contributed by atoms with Crippen molar-refractivity contribution in [3.8, 4) is 0 Å². The van der Waals surface area contributed by atoms with Crippen molar-refractivity contribution in [1.82, 2.24) is 10.2 Å². The average Bonchev–Trinajstić information content (AvgIpc) is 3.20. The van der Waals surface area contributed by atoms with Crippen LogP contribution in [0.2, 0.25) is 0 Å². The van der Waals surface area contributed by atoms with Crippen molar-refractivity contribution < 1.29 is 9.59 Å². The molecule has 3 heterocycles. The normalized spacial score (nSPS) is 22.1. The Labute approximate surface area is 151 Å². The number of thioether (sulfide) groups is 1. The number of aliphatic imine (C=N–C) groups is 1. The lowest BCUT2D eigenvalue weighted by Crippen LogP contribution is -2.38. The second-order valence-corrected chi connectivity index (χ2v) is 7.43. The number of rotatable bonds is 3. The Morgan fingerprint density at radius 3 is 3.00 bits per heavy atom. The SMILES string of the molecule is CC1=C(C(=O)NC[C@H]2CC(=O)N(C)c3ccccc32)SC2=NCCN21. The van der Waals surface area contributed by atoms with Crippen molar-refractivity contribution in [2.24, 2.45) is 4.99 Å². The minimum Gasteiger partial charge on any atom is -0.351 e. The molecule has 0 bridgehead atoms. The number of benzene rings is 1. The molecule has 0 aliphatic carbocycles. The van der Waals surface area contributed by atoms with Gasteiger partial charge in [-0.25, -0.2) is 0 Å². The molecule has 1 aromatic carbocycles. The highest BCUT2D eigenvalue weighted by Gasteiger charge is 2.34. The van der Waals surface area contributed by atoms with Crippen LogP contribution in [0.3, 0.4) is 0 Å². The fourth-order valence-electron chi connectivity index (χ4n) is 3.53. The van der Waals surface area contributed by atoms with E-state index in [4.69, 9.17) is 0 Å². The number of amidine groups is 1. The molecule has 0 saturated heterocycles. The number of carbonyl (C=O) groups is 2. The Morgan fingerprint density at radius 1 is 1.40 bits per heavy atom. The van der Waals surface area contributed by atoms with Gasteiger partial charge in [-0.05, 0) is 30.3 Å². The van der Waals surface area contributed by atoms with Gasteiger partial charge in [0.25, 0.3) is 5.91 Å². The number of nitrogens with zero attached hydrogens (tertiary/aromatic N) is 3. The van der Waals surface area contributed by atoms with E-state index in [0.717, 1.165) is 35.2 Å². The van der Waals surface area contributed by atoms with Crippen LogP contribution in [0.4, 0.5) is 5.69 Å². The van der Waals surface area contributed by atoms with E-state index in [-0.39, 0.29) is 17.7 Å². The van der Waals surface area contributed by atoms with Crippen LogP contribution < -0.4 is 10.2 Å². The summed E-state index contributed by atoms with van der Waals surface area (Å²) >= 11 is 1.44. The van der Waals surface area contributed by atoms with E-state index in [1.165, 1.54) is 11.8 Å². The Hall–Kier alpha value is -2.28. The van der Waals surface area contributed by atoms with E-state index in [9.17, 15) is 9.59 Å².